The molecule has 0 rings (SSSR count). The van der Waals surface area contributed by atoms with Crippen molar-refractivity contribution in [1.29, 1.82) is 0 Å². The molecule has 0 aromatic heterocycles. The molecule has 0 saturated carbocycles. The van der Waals surface area contributed by atoms with E-state index in [0.29, 0.717) is 6.42 Å². The van der Waals surface area contributed by atoms with Crippen molar-refractivity contribution in [3.63, 3.8) is 0 Å². The van der Waals surface area contributed by atoms with Crippen LogP contribution in [-0.4, -0.2) is 55.2 Å². The fraction of sp³-hybridized carbons (Fsp3) is 0.810. The Bertz CT molecular complexity index is 511. The fourth-order valence-electron chi connectivity index (χ4n) is 2.73. The van der Waals surface area contributed by atoms with Crippen LogP contribution in [-0.2, 0) is 14.3 Å². The van der Waals surface area contributed by atoms with E-state index in [1.54, 1.807) is 0 Å². The number of rotatable bonds is 16. The third-order valence-electron chi connectivity index (χ3n) is 4.00. The molecule has 0 aliphatic carbocycles. The molecule has 0 saturated heterocycles. The Morgan fingerprint density at radius 2 is 1.67 bits per heavy atom. The molecule has 0 fully saturated rings. The van der Waals surface area contributed by atoms with E-state index < -0.39 is 35.9 Å². The first kappa shape index (κ1) is 22.2. The van der Waals surface area contributed by atoms with E-state index in [1.807, 2.05) is 0 Å². The number of carboxylic acid groups (broad SMARTS) is 1. The van der Waals surface area contributed by atoms with Gasteiger partial charge < -0.3 is 26.7 Å². The van der Waals surface area contributed by atoms with E-state index in [1.165, 1.54) is 52.6 Å². The number of carbonyl (C=O) groups excluding carboxylic acids is 1. The lowest BCUT2D eigenvalue weighted by atomic mass is 10.1. The first-order valence-electron chi connectivity index (χ1n) is 11.4. The average molecular weight is 409 g/mol. The molecule has 1 N–H and O–H groups in total. The van der Waals surface area contributed by atoms with Gasteiger partial charge in [-0.1, -0.05) is 51.2 Å². The van der Waals surface area contributed by atoms with E-state index in [0.717, 1.165) is 12.8 Å². The predicted octanol–water partition coefficient (Wildman–Crippen LogP) is 1.56. The van der Waals surface area contributed by atoms with Gasteiger partial charge in [-0.2, -0.15) is 0 Å². The van der Waals surface area contributed by atoms with Gasteiger partial charge in [0, 0.05) is 6.42 Å². The molecule has 0 aliphatic heterocycles. The molecule has 0 aromatic rings. The number of hydrogen-bond donors (Lipinski definition) is 1. The molecule has 0 aromatic carbocycles. The normalized spacial score (nSPS) is 14.7. The second-order valence-electron chi connectivity index (χ2n) is 7.50. The van der Waals surface area contributed by atoms with Gasteiger partial charge in [0.2, 0.25) is 0 Å². The zero-order valence-electron chi connectivity index (χ0n) is 20.2. The van der Waals surface area contributed by atoms with Crippen molar-refractivity contribution in [3.05, 3.63) is 12.2 Å². The maximum Gasteiger partial charge on any atom is 0.307 e. The van der Waals surface area contributed by atoms with Gasteiger partial charge in [-0.25, -0.2) is 0 Å². The number of esters is 1. The van der Waals surface area contributed by atoms with E-state index in [-0.39, 0.29) is 25.4 Å². The number of likely N-dealkylation sites (N-methyl/N-ethyl adjacent to an activating group) is 1. The summed E-state index contributed by atoms with van der Waals surface area (Å²) in [6.07, 6.45) is 13.1. The molecular weight excluding hydrogens is 366 g/mol. The van der Waals surface area contributed by atoms with E-state index in [4.69, 9.17) is 14.0 Å². The quantitative estimate of drug-likeness (QED) is 0.182. The second kappa shape index (κ2) is 17.1. The fourth-order valence-corrected chi connectivity index (χ4v) is 2.73. The summed E-state index contributed by atoms with van der Waals surface area (Å²) in [5.41, 5.74) is 0. The smallest absolute Gasteiger partial charge is 0.307 e. The van der Waals surface area contributed by atoms with Crippen LogP contribution < -0.4 is 12.4 Å². The summed E-state index contributed by atoms with van der Waals surface area (Å²) in [5, 5.41) is 9.03. The van der Waals surface area contributed by atoms with Crippen LogP contribution in [0.3, 0.4) is 0 Å². The Morgan fingerprint density at radius 1 is 1.07 bits per heavy atom. The van der Waals surface area contributed by atoms with Gasteiger partial charge >= 0.3 is 11.9 Å². The SMILES string of the molecule is [2H]C([2H])([2H])[N+](C)(C)C[C@@H](CC(=O)O)OC(=O)CCC/C=C\CCCCCCCC.[Cl-]. The zero-order chi connectivity index (χ0) is 22.3. The van der Waals surface area contributed by atoms with Gasteiger partial charge in [0.05, 0.1) is 31.6 Å². The lowest BCUT2D eigenvalue weighted by molar-refractivity contribution is -0.873. The minimum atomic E-state index is -2.32. The van der Waals surface area contributed by atoms with E-state index in [9.17, 15) is 9.59 Å². The summed E-state index contributed by atoms with van der Waals surface area (Å²) in [7, 11) is 2.95. The lowest BCUT2D eigenvalue weighted by Crippen LogP contribution is -3.00. The zero-order valence-corrected chi connectivity index (χ0v) is 18.0. The monoisotopic (exact) mass is 408 g/mol. The Hall–Kier alpha value is -1.07. The van der Waals surface area contributed by atoms with Gasteiger partial charge in [-0.3, -0.25) is 9.59 Å². The van der Waals surface area contributed by atoms with Gasteiger partial charge in [0.15, 0.2) is 6.10 Å². The second-order valence-corrected chi connectivity index (χ2v) is 7.50. The largest absolute Gasteiger partial charge is 1.00 e. The van der Waals surface area contributed by atoms with Gasteiger partial charge in [0.1, 0.15) is 6.54 Å². The molecule has 0 unspecified atom stereocenters. The summed E-state index contributed by atoms with van der Waals surface area (Å²) in [6, 6.07) is 0. The highest BCUT2D eigenvalue weighted by molar-refractivity contribution is 5.71. The van der Waals surface area contributed by atoms with Gasteiger partial charge in [0.25, 0.3) is 0 Å². The number of carbonyl (C=O) groups is 2. The van der Waals surface area contributed by atoms with Crippen LogP contribution in [0.2, 0.25) is 0 Å². The van der Waals surface area contributed by atoms with Crippen LogP contribution in [0.25, 0.3) is 0 Å². The Balaban J connectivity index is 0. The number of unbranched alkanes of at least 4 members (excludes halogenated alkanes) is 7. The van der Waals surface area contributed by atoms with Crippen molar-refractivity contribution in [2.45, 2.75) is 83.7 Å². The Kier molecular flexibility index (Phi) is 14.0. The van der Waals surface area contributed by atoms with Crippen LogP contribution >= 0.6 is 0 Å². The minimum Gasteiger partial charge on any atom is -1.00 e. The third kappa shape index (κ3) is 21.1. The molecule has 160 valence electrons. The van der Waals surface area contributed by atoms with E-state index >= 15 is 0 Å². The van der Waals surface area contributed by atoms with Crippen molar-refractivity contribution in [1.82, 2.24) is 0 Å². The van der Waals surface area contributed by atoms with Crippen LogP contribution in [0.4, 0.5) is 0 Å². The lowest BCUT2D eigenvalue weighted by Gasteiger charge is -2.28. The van der Waals surface area contributed by atoms with Crippen molar-refractivity contribution in [3.8, 4) is 0 Å². The summed E-state index contributed by atoms with van der Waals surface area (Å²) in [4.78, 5) is 23.1. The molecule has 0 bridgehead atoms. The third-order valence-corrected chi connectivity index (χ3v) is 4.00. The van der Waals surface area contributed by atoms with E-state index in [2.05, 4.69) is 19.1 Å². The topological polar surface area (TPSA) is 63.6 Å². The molecular formula is C21H40ClNO4. The van der Waals surface area contributed by atoms with Crippen LogP contribution in [0.15, 0.2) is 12.2 Å². The molecule has 6 heteroatoms. The van der Waals surface area contributed by atoms with Crippen LogP contribution in [0.5, 0.6) is 0 Å². The van der Waals surface area contributed by atoms with Crippen molar-refractivity contribution in [2.24, 2.45) is 0 Å². The number of allylic oxidation sites excluding steroid dienone is 2. The molecule has 0 spiro atoms. The number of halogens is 1. The first-order chi connectivity index (χ1) is 13.5. The highest BCUT2D eigenvalue weighted by atomic mass is 35.5. The molecule has 0 radical (unpaired) electrons. The van der Waals surface area contributed by atoms with Crippen molar-refractivity contribution < 1.29 is 40.4 Å². The number of ether oxygens (including phenoxy) is 1. The number of carboxylic acids is 1. The summed E-state index contributed by atoms with van der Waals surface area (Å²) in [5.74, 6) is -1.60. The summed E-state index contributed by atoms with van der Waals surface area (Å²) < 4.78 is 27.5. The number of hydrogen-bond acceptors (Lipinski definition) is 3. The Morgan fingerprint density at radius 3 is 2.26 bits per heavy atom. The van der Waals surface area contributed by atoms with Crippen molar-refractivity contribution in [2.75, 3.05) is 27.6 Å². The number of nitrogens with zero attached hydrogens (tertiary/aromatic N) is 1. The molecule has 1 atom stereocenters. The van der Waals surface area contributed by atoms with Crippen LogP contribution in [0.1, 0.15) is 81.7 Å². The number of quaternary nitrogens is 1. The Labute approximate surface area is 176 Å². The van der Waals surface area contributed by atoms with Crippen molar-refractivity contribution >= 4 is 11.9 Å². The summed E-state index contributed by atoms with van der Waals surface area (Å²) >= 11 is 0. The minimum absolute atomic E-state index is 0. The molecule has 0 heterocycles. The molecule has 5 nitrogen and oxygen atoms in total. The average Bonchev–Trinajstić information content (AvgIpc) is 2.57. The highest BCUT2D eigenvalue weighted by Crippen LogP contribution is 2.10. The maximum atomic E-state index is 12.0. The van der Waals surface area contributed by atoms with Gasteiger partial charge in [-0.05, 0) is 25.7 Å². The molecule has 0 aliphatic rings. The maximum absolute atomic E-state index is 12.0. The molecule has 0 amide bonds. The molecule has 27 heavy (non-hydrogen) atoms. The predicted molar refractivity (Wildman–Crippen MR) is 106 cm³/mol. The first-order valence-corrected chi connectivity index (χ1v) is 9.89. The highest BCUT2D eigenvalue weighted by Gasteiger charge is 2.24. The van der Waals surface area contributed by atoms with Crippen LogP contribution in [0, 0.1) is 0 Å². The summed E-state index contributed by atoms with van der Waals surface area (Å²) in [6.45, 7) is -0.182. The van der Waals surface area contributed by atoms with Gasteiger partial charge in [-0.15, -0.1) is 0 Å². The standard InChI is InChI=1S/C21H39NO4.ClH/c1-5-6-7-8-9-10-11-12-13-14-15-16-21(25)26-19(17-20(23)24)18-22(2,3)4;/h12-13,19H,5-11,14-18H2,1-4H3;1H/b13-12-;/t19-;/m1./s1/i2D3;. The number of aliphatic carboxylic acids is 1.